The van der Waals surface area contributed by atoms with Crippen LogP contribution >= 0.6 is 0 Å². The molecule has 0 spiro atoms. The number of carboxylic acid groups (broad SMARTS) is 2. The minimum Gasteiger partial charge on any atom is -0.478 e. The van der Waals surface area contributed by atoms with E-state index < -0.39 is 11.9 Å². The van der Waals surface area contributed by atoms with Gasteiger partial charge < -0.3 is 15.5 Å². The smallest absolute Gasteiger partial charge is 0.328 e. The summed E-state index contributed by atoms with van der Waals surface area (Å²) >= 11 is 0. The maximum absolute atomic E-state index is 9.55. The van der Waals surface area contributed by atoms with E-state index in [1.165, 1.54) is 90.0 Å². The summed E-state index contributed by atoms with van der Waals surface area (Å²) < 4.78 is 0. The molecular formula is C27H47NO4. The molecule has 5 heteroatoms. The Labute approximate surface area is 195 Å². The van der Waals surface area contributed by atoms with Crippen LogP contribution in [0.4, 0.5) is 0 Å². The van der Waals surface area contributed by atoms with E-state index in [1.807, 2.05) is 0 Å². The molecule has 3 saturated carbocycles. The predicted octanol–water partition coefficient (Wildman–Crippen LogP) is 6.57. The second kappa shape index (κ2) is 16.3. The Morgan fingerprint density at radius 2 is 1.12 bits per heavy atom. The van der Waals surface area contributed by atoms with Gasteiger partial charge in [0, 0.05) is 18.2 Å². The third kappa shape index (κ3) is 11.5. The highest BCUT2D eigenvalue weighted by atomic mass is 16.4. The number of unbranched alkanes of at least 4 members (excludes halogenated alkanes) is 1. The minimum atomic E-state index is -1.26. The lowest BCUT2D eigenvalue weighted by Crippen LogP contribution is -2.32. The normalized spacial score (nSPS) is 21.4. The largest absolute Gasteiger partial charge is 0.478 e. The van der Waals surface area contributed by atoms with Crippen molar-refractivity contribution in [1.29, 1.82) is 0 Å². The maximum atomic E-state index is 9.55. The predicted molar refractivity (Wildman–Crippen MR) is 130 cm³/mol. The van der Waals surface area contributed by atoms with Gasteiger partial charge in [0.25, 0.3) is 0 Å². The van der Waals surface area contributed by atoms with Gasteiger partial charge in [0.05, 0.1) is 0 Å². The lowest BCUT2D eigenvalue weighted by molar-refractivity contribution is -0.134. The van der Waals surface area contributed by atoms with Crippen LogP contribution in [0.5, 0.6) is 0 Å². The average Bonchev–Trinajstić information content (AvgIpc) is 2.82. The van der Waals surface area contributed by atoms with Crippen molar-refractivity contribution in [2.24, 2.45) is 17.8 Å². The molecule has 0 aromatic heterocycles. The zero-order chi connectivity index (χ0) is 23.0. The molecule has 3 aliphatic rings. The lowest BCUT2D eigenvalue weighted by atomic mass is 9.68. The molecule has 0 amide bonds. The second-order valence-corrected chi connectivity index (χ2v) is 10.3. The van der Waals surface area contributed by atoms with Gasteiger partial charge in [0.2, 0.25) is 0 Å². The van der Waals surface area contributed by atoms with Gasteiger partial charge in [0.15, 0.2) is 0 Å². The highest BCUT2D eigenvalue weighted by molar-refractivity contribution is 5.89. The van der Waals surface area contributed by atoms with E-state index in [4.69, 9.17) is 10.2 Å². The van der Waals surface area contributed by atoms with E-state index in [1.54, 1.807) is 32.1 Å². The van der Waals surface area contributed by atoms with Crippen LogP contribution in [-0.2, 0) is 9.59 Å². The molecule has 184 valence electrons. The Morgan fingerprint density at radius 3 is 1.56 bits per heavy atom. The number of hydrogen-bond acceptors (Lipinski definition) is 3. The molecule has 0 heterocycles. The van der Waals surface area contributed by atoms with E-state index in [9.17, 15) is 9.59 Å². The highest BCUT2D eigenvalue weighted by Gasteiger charge is 2.30. The zero-order valence-corrected chi connectivity index (χ0v) is 20.1. The Bertz CT molecular complexity index is 510. The topological polar surface area (TPSA) is 86.6 Å². The van der Waals surface area contributed by atoms with E-state index in [0.717, 1.165) is 23.8 Å². The van der Waals surface area contributed by atoms with Crippen molar-refractivity contribution in [3.8, 4) is 0 Å². The molecule has 0 atom stereocenters. The summed E-state index contributed by atoms with van der Waals surface area (Å²) in [6.07, 6.45) is 28.2. The molecule has 3 rings (SSSR count). The van der Waals surface area contributed by atoms with Gasteiger partial charge in [-0.1, -0.05) is 89.9 Å². The van der Waals surface area contributed by atoms with Crippen LogP contribution in [0.1, 0.15) is 116 Å². The van der Waals surface area contributed by atoms with Crippen molar-refractivity contribution in [2.75, 3.05) is 6.54 Å². The molecule has 3 fully saturated rings. The number of carbonyl (C=O) groups is 2. The van der Waals surface area contributed by atoms with Crippen molar-refractivity contribution in [2.45, 2.75) is 122 Å². The minimum absolute atomic E-state index is 0.558. The van der Waals surface area contributed by atoms with Gasteiger partial charge in [-0.15, -0.1) is 0 Å². The Kier molecular flexibility index (Phi) is 13.7. The van der Waals surface area contributed by atoms with Crippen LogP contribution in [-0.4, -0.2) is 34.7 Å². The molecule has 5 nitrogen and oxygen atoms in total. The molecule has 32 heavy (non-hydrogen) atoms. The Hall–Kier alpha value is -1.36. The first-order valence-electron chi connectivity index (χ1n) is 13.4. The molecule has 3 N–H and O–H groups in total. The molecule has 0 bridgehead atoms. The van der Waals surface area contributed by atoms with Gasteiger partial charge in [-0.05, 0) is 50.0 Å². The Morgan fingerprint density at radius 1 is 0.688 bits per heavy atom. The van der Waals surface area contributed by atoms with Crippen molar-refractivity contribution < 1.29 is 19.8 Å². The lowest BCUT2D eigenvalue weighted by Gasteiger charge is -2.38. The van der Waals surface area contributed by atoms with Gasteiger partial charge in [-0.25, -0.2) is 9.59 Å². The van der Waals surface area contributed by atoms with E-state index in [0.29, 0.717) is 12.2 Å². The first-order chi connectivity index (χ1) is 15.6. The van der Waals surface area contributed by atoms with Crippen molar-refractivity contribution in [1.82, 2.24) is 5.32 Å². The number of carboxylic acids is 2. The van der Waals surface area contributed by atoms with Crippen LogP contribution in [0.25, 0.3) is 0 Å². The molecular weight excluding hydrogens is 402 g/mol. The van der Waals surface area contributed by atoms with Crippen LogP contribution in [0.15, 0.2) is 12.2 Å². The van der Waals surface area contributed by atoms with Crippen molar-refractivity contribution >= 4 is 11.9 Å². The Balaban J connectivity index is 0.000000390. The standard InChI is InChI=1S/C23H43N.C4H4O4/c1-4-12-20(13-5-1)23(21-14-6-2-7-15-21)18-10-11-19-24-22-16-8-3-9-17-22;5-3(6)1-2-4(7)8/h20-24H,1-19H2;1-2H,(H,5,6)(H,7,8)/b;2-1-. The van der Waals surface area contributed by atoms with Crippen LogP contribution in [0.3, 0.4) is 0 Å². The SMILES string of the molecule is C1CCC(NCCCCC(C2CCCCC2)C2CCCCC2)CC1.O=C(O)/C=C\C(=O)O. The molecule has 0 aliphatic heterocycles. The zero-order valence-electron chi connectivity index (χ0n) is 20.1. The van der Waals surface area contributed by atoms with Crippen molar-refractivity contribution in [3.63, 3.8) is 0 Å². The average molecular weight is 450 g/mol. The fourth-order valence-electron chi connectivity index (χ4n) is 6.24. The summed E-state index contributed by atoms with van der Waals surface area (Å²) in [6, 6.07) is 0.853. The maximum Gasteiger partial charge on any atom is 0.328 e. The second-order valence-electron chi connectivity index (χ2n) is 10.3. The van der Waals surface area contributed by atoms with E-state index in [2.05, 4.69) is 5.32 Å². The highest BCUT2D eigenvalue weighted by Crippen LogP contribution is 2.42. The number of hydrogen-bond donors (Lipinski definition) is 3. The van der Waals surface area contributed by atoms with Gasteiger partial charge in [0.1, 0.15) is 0 Å². The first kappa shape index (κ1) is 26.9. The van der Waals surface area contributed by atoms with Crippen LogP contribution in [0.2, 0.25) is 0 Å². The van der Waals surface area contributed by atoms with Gasteiger partial charge in [-0.3, -0.25) is 0 Å². The molecule has 0 radical (unpaired) electrons. The number of nitrogens with one attached hydrogen (secondary N) is 1. The summed E-state index contributed by atoms with van der Waals surface area (Å²) in [7, 11) is 0. The number of rotatable bonds is 10. The van der Waals surface area contributed by atoms with E-state index in [-0.39, 0.29) is 0 Å². The fraction of sp³-hybridized carbons (Fsp3) is 0.852. The first-order valence-corrected chi connectivity index (χ1v) is 13.4. The summed E-state index contributed by atoms with van der Waals surface area (Å²) in [5.74, 6) is 0.751. The van der Waals surface area contributed by atoms with E-state index >= 15 is 0 Å². The number of aliphatic carboxylic acids is 2. The monoisotopic (exact) mass is 449 g/mol. The summed E-state index contributed by atoms with van der Waals surface area (Å²) in [4.78, 5) is 19.1. The van der Waals surface area contributed by atoms with Crippen molar-refractivity contribution in [3.05, 3.63) is 12.2 Å². The third-order valence-corrected chi connectivity index (χ3v) is 7.88. The quantitative estimate of drug-likeness (QED) is 0.259. The van der Waals surface area contributed by atoms with Gasteiger partial charge in [-0.2, -0.15) is 0 Å². The molecule has 3 aliphatic carbocycles. The van der Waals surface area contributed by atoms with Crippen LogP contribution < -0.4 is 5.32 Å². The van der Waals surface area contributed by atoms with Crippen LogP contribution in [0, 0.1) is 17.8 Å². The summed E-state index contributed by atoms with van der Waals surface area (Å²) in [5.41, 5.74) is 0. The third-order valence-electron chi connectivity index (χ3n) is 7.88. The van der Waals surface area contributed by atoms with Gasteiger partial charge >= 0.3 is 11.9 Å². The molecule has 0 saturated heterocycles. The molecule has 0 aromatic rings. The summed E-state index contributed by atoms with van der Waals surface area (Å²) in [5, 5.41) is 19.5. The molecule has 0 unspecified atom stereocenters. The molecule has 0 aromatic carbocycles. The fourth-order valence-corrected chi connectivity index (χ4v) is 6.24. The summed E-state index contributed by atoms with van der Waals surface area (Å²) in [6.45, 7) is 1.28.